The van der Waals surface area contributed by atoms with Gasteiger partial charge in [0.2, 0.25) is 10.0 Å². The molecule has 0 spiro atoms. The van der Waals surface area contributed by atoms with Crippen LogP contribution in [0.4, 0.5) is 0 Å². The van der Waals surface area contributed by atoms with Crippen LogP contribution in [0.5, 0.6) is 0 Å². The lowest BCUT2D eigenvalue weighted by Gasteiger charge is -2.50. The van der Waals surface area contributed by atoms with E-state index >= 15 is 0 Å². The molecule has 4 rings (SSSR count). The maximum absolute atomic E-state index is 12.4. The van der Waals surface area contributed by atoms with Crippen LogP contribution in [0, 0.1) is 11.8 Å². The summed E-state index contributed by atoms with van der Waals surface area (Å²) >= 11 is 0. The molecule has 0 aliphatic carbocycles. The molecule has 0 radical (unpaired) electrons. The molecule has 0 amide bonds. The summed E-state index contributed by atoms with van der Waals surface area (Å²) in [6.45, 7) is 10.6. The highest BCUT2D eigenvalue weighted by Gasteiger charge is 2.40. The number of hydrogen-bond acceptors (Lipinski definition) is 4. The Bertz CT molecular complexity index is 646. The molecular formula is C19H31N3O2S. The van der Waals surface area contributed by atoms with Crippen molar-refractivity contribution in [1.29, 1.82) is 0 Å². The van der Waals surface area contributed by atoms with Crippen LogP contribution in [0.3, 0.4) is 0 Å². The van der Waals surface area contributed by atoms with Gasteiger partial charge in [-0.05, 0) is 56.4 Å². The van der Waals surface area contributed by atoms with Crippen molar-refractivity contribution in [1.82, 2.24) is 14.5 Å². The first-order valence-corrected chi connectivity index (χ1v) is 11.0. The molecule has 140 valence electrons. The van der Waals surface area contributed by atoms with Crippen LogP contribution in [-0.2, 0) is 10.0 Å². The number of nitrogens with one attached hydrogen (secondary N) is 1. The normalized spacial score (nSPS) is 29.2. The Morgan fingerprint density at radius 3 is 2.52 bits per heavy atom. The lowest BCUT2D eigenvalue weighted by Crippen LogP contribution is -2.58. The van der Waals surface area contributed by atoms with E-state index in [0.29, 0.717) is 17.5 Å². The van der Waals surface area contributed by atoms with Crippen LogP contribution in [0.2, 0.25) is 0 Å². The molecule has 25 heavy (non-hydrogen) atoms. The fourth-order valence-electron chi connectivity index (χ4n) is 4.37. The minimum Gasteiger partial charge on any atom is -0.304 e. The SMILES string of the molecule is CCN(CC)C[C@@H]1CN2CC[C@H]1C[C@@H]2CNS(=O)(=O)c1ccccc1. The second kappa shape index (κ2) is 8.16. The van der Waals surface area contributed by atoms with Gasteiger partial charge in [-0.2, -0.15) is 0 Å². The molecule has 3 saturated heterocycles. The molecule has 5 nitrogen and oxygen atoms in total. The van der Waals surface area contributed by atoms with Gasteiger partial charge in [0.15, 0.2) is 0 Å². The summed E-state index contributed by atoms with van der Waals surface area (Å²) in [7, 11) is -3.40. The van der Waals surface area contributed by atoms with E-state index in [4.69, 9.17) is 0 Å². The first kappa shape index (κ1) is 18.8. The summed E-state index contributed by atoms with van der Waals surface area (Å²) in [5, 5.41) is 0. The van der Waals surface area contributed by atoms with E-state index in [9.17, 15) is 8.42 Å². The highest BCUT2D eigenvalue weighted by atomic mass is 32.2. The Morgan fingerprint density at radius 2 is 1.92 bits per heavy atom. The van der Waals surface area contributed by atoms with Crippen molar-refractivity contribution >= 4 is 10.0 Å². The maximum Gasteiger partial charge on any atom is 0.240 e. The Labute approximate surface area is 152 Å². The molecule has 0 saturated carbocycles. The predicted molar refractivity (Wildman–Crippen MR) is 101 cm³/mol. The van der Waals surface area contributed by atoms with Crippen LogP contribution in [0.15, 0.2) is 35.2 Å². The van der Waals surface area contributed by atoms with Gasteiger partial charge in [-0.3, -0.25) is 4.90 Å². The van der Waals surface area contributed by atoms with E-state index in [-0.39, 0.29) is 0 Å². The van der Waals surface area contributed by atoms with E-state index in [2.05, 4.69) is 28.4 Å². The molecule has 1 aromatic carbocycles. The minimum absolute atomic E-state index is 0.338. The van der Waals surface area contributed by atoms with Crippen LogP contribution >= 0.6 is 0 Å². The highest BCUT2D eigenvalue weighted by Crippen LogP contribution is 2.36. The smallest absolute Gasteiger partial charge is 0.240 e. The van der Waals surface area contributed by atoms with Gasteiger partial charge in [0.1, 0.15) is 0 Å². The highest BCUT2D eigenvalue weighted by molar-refractivity contribution is 7.89. The van der Waals surface area contributed by atoms with E-state index in [1.807, 2.05) is 6.07 Å². The molecule has 2 bridgehead atoms. The molecule has 1 aromatic rings. The summed E-state index contributed by atoms with van der Waals surface area (Å²) in [6.07, 6.45) is 2.37. The van der Waals surface area contributed by atoms with Crippen LogP contribution in [0.1, 0.15) is 26.7 Å². The Kier molecular flexibility index (Phi) is 6.15. The number of hydrogen-bond donors (Lipinski definition) is 1. The summed E-state index contributed by atoms with van der Waals surface area (Å²) in [4.78, 5) is 5.37. The zero-order chi connectivity index (χ0) is 17.9. The van der Waals surface area contributed by atoms with Crippen molar-refractivity contribution in [3.63, 3.8) is 0 Å². The number of fused-ring (bicyclic) bond motifs is 3. The fourth-order valence-corrected chi connectivity index (χ4v) is 5.46. The summed E-state index contributed by atoms with van der Waals surface area (Å²) in [5.74, 6) is 1.47. The molecule has 3 aliphatic rings. The summed E-state index contributed by atoms with van der Waals surface area (Å²) in [6, 6.07) is 8.99. The van der Waals surface area contributed by atoms with Crippen molar-refractivity contribution in [3.8, 4) is 0 Å². The van der Waals surface area contributed by atoms with Gasteiger partial charge in [0.25, 0.3) is 0 Å². The third-order valence-corrected chi connectivity index (χ3v) is 7.40. The van der Waals surface area contributed by atoms with E-state index in [1.165, 1.54) is 13.0 Å². The Balaban J connectivity index is 1.56. The minimum atomic E-state index is -3.40. The van der Waals surface area contributed by atoms with Crippen LogP contribution in [-0.4, -0.2) is 63.5 Å². The number of rotatable bonds is 8. The molecule has 1 unspecified atom stereocenters. The number of benzene rings is 1. The Morgan fingerprint density at radius 1 is 1.20 bits per heavy atom. The van der Waals surface area contributed by atoms with E-state index < -0.39 is 10.0 Å². The van der Waals surface area contributed by atoms with Gasteiger partial charge in [-0.1, -0.05) is 32.0 Å². The van der Waals surface area contributed by atoms with Crippen molar-refractivity contribution in [2.75, 3.05) is 39.3 Å². The first-order valence-electron chi connectivity index (χ1n) is 9.54. The molecule has 3 heterocycles. The van der Waals surface area contributed by atoms with E-state index in [1.54, 1.807) is 24.3 Å². The maximum atomic E-state index is 12.4. The third-order valence-electron chi connectivity index (χ3n) is 5.96. The van der Waals surface area contributed by atoms with Gasteiger partial charge >= 0.3 is 0 Å². The lowest BCUT2D eigenvalue weighted by atomic mass is 9.75. The van der Waals surface area contributed by atoms with Crippen LogP contribution in [0.25, 0.3) is 0 Å². The van der Waals surface area contributed by atoms with Crippen molar-refractivity contribution < 1.29 is 8.42 Å². The molecule has 1 N–H and O–H groups in total. The van der Waals surface area contributed by atoms with Crippen LogP contribution < -0.4 is 4.72 Å². The van der Waals surface area contributed by atoms with Crippen molar-refractivity contribution in [2.45, 2.75) is 37.6 Å². The van der Waals surface area contributed by atoms with Gasteiger partial charge in [-0.25, -0.2) is 13.1 Å². The lowest BCUT2D eigenvalue weighted by molar-refractivity contribution is -0.00911. The third kappa shape index (κ3) is 4.42. The molecule has 3 aliphatic heterocycles. The second-order valence-electron chi connectivity index (χ2n) is 7.34. The molecule has 3 fully saturated rings. The fraction of sp³-hybridized carbons (Fsp3) is 0.684. The zero-order valence-electron chi connectivity index (χ0n) is 15.4. The Hall–Kier alpha value is -0.950. The molecule has 0 aromatic heterocycles. The molecule has 4 atom stereocenters. The number of sulfonamides is 1. The first-order chi connectivity index (χ1) is 12.0. The number of nitrogens with zero attached hydrogens (tertiary/aromatic N) is 2. The molecular weight excluding hydrogens is 334 g/mol. The van der Waals surface area contributed by atoms with Gasteiger partial charge < -0.3 is 4.90 Å². The quantitative estimate of drug-likeness (QED) is 0.766. The monoisotopic (exact) mass is 365 g/mol. The summed E-state index contributed by atoms with van der Waals surface area (Å²) in [5.41, 5.74) is 0. The topological polar surface area (TPSA) is 52.6 Å². The van der Waals surface area contributed by atoms with Gasteiger partial charge in [0, 0.05) is 25.7 Å². The van der Waals surface area contributed by atoms with Gasteiger partial charge in [0.05, 0.1) is 4.90 Å². The van der Waals surface area contributed by atoms with E-state index in [0.717, 1.165) is 44.4 Å². The van der Waals surface area contributed by atoms with Gasteiger partial charge in [-0.15, -0.1) is 0 Å². The van der Waals surface area contributed by atoms with Crippen molar-refractivity contribution in [2.24, 2.45) is 11.8 Å². The predicted octanol–water partition coefficient (Wildman–Crippen LogP) is 2.02. The largest absolute Gasteiger partial charge is 0.304 e. The molecule has 6 heteroatoms. The second-order valence-corrected chi connectivity index (χ2v) is 9.11. The average molecular weight is 366 g/mol. The summed E-state index contributed by atoms with van der Waals surface area (Å²) < 4.78 is 27.7. The average Bonchev–Trinajstić information content (AvgIpc) is 2.66. The number of piperidine rings is 3. The standard InChI is InChI=1S/C19H31N3O2S/c1-3-21(4-2)14-17-15-22-11-10-16(17)12-18(22)13-20-25(23,24)19-8-6-5-7-9-19/h5-9,16-18,20H,3-4,10-15H2,1-2H3/t16-,17+,18+/m0/s1. The van der Waals surface area contributed by atoms with Crippen molar-refractivity contribution in [3.05, 3.63) is 30.3 Å². The zero-order valence-corrected chi connectivity index (χ0v) is 16.2.